The van der Waals surface area contributed by atoms with Crippen LogP contribution in [-0.4, -0.2) is 21.4 Å². The molecule has 5 heteroatoms. The SMILES string of the molecule is CCC(=NNC(=O)c1cccc(Cn2nc(C)cc2C)c1)c1ccccc1. The van der Waals surface area contributed by atoms with E-state index < -0.39 is 0 Å². The van der Waals surface area contributed by atoms with E-state index >= 15 is 0 Å². The highest BCUT2D eigenvalue weighted by molar-refractivity contribution is 6.02. The Labute approximate surface area is 159 Å². The van der Waals surface area contributed by atoms with E-state index in [1.54, 1.807) is 6.07 Å². The second-order valence-corrected chi connectivity index (χ2v) is 6.50. The number of carbonyl (C=O) groups excluding carboxylic acids is 1. The summed E-state index contributed by atoms with van der Waals surface area (Å²) >= 11 is 0. The van der Waals surface area contributed by atoms with Crippen molar-refractivity contribution in [2.75, 3.05) is 0 Å². The summed E-state index contributed by atoms with van der Waals surface area (Å²) in [5, 5.41) is 8.80. The molecule has 0 saturated heterocycles. The standard InChI is InChI=1S/C22H24N4O/c1-4-21(19-10-6-5-7-11-19)23-24-22(27)20-12-8-9-18(14-20)15-26-17(3)13-16(2)25-26/h5-14H,4,15H2,1-3H3,(H,24,27). The van der Waals surface area contributed by atoms with Crippen LogP contribution in [0.5, 0.6) is 0 Å². The van der Waals surface area contributed by atoms with E-state index in [0.717, 1.165) is 34.6 Å². The van der Waals surface area contributed by atoms with Gasteiger partial charge < -0.3 is 0 Å². The van der Waals surface area contributed by atoms with Crippen LogP contribution < -0.4 is 5.43 Å². The predicted molar refractivity (Wildman–Crippen MR) is 108 cm³/mol. The van der Waals surface area contributed by atoms with E-state index in [2.05, 4.69) is 15.6 Å². The van der Waals surface area contributed by atoms with Crippen molar-refractivity contribution in [1.29, 1.82) is 0 Å². The zero-order valence-corrected chi connectivity index (χ0v) is 15.9. The first kappa shape index (κ1) is 18.6. The lowest BCUT2D eigenvalue weighted by Gasteiger charge is -2.08. The van der Waals surface area contributed by atoms with Crippen molar-refractivity contribution < 1.29 is 4.79 Å². The molecule has 0 aliphatic rings. The molecule has 0 radical (unpaired) electrons. The third-order valence-electron chi connectivity index (χ3n) is 4.36. The summed E-state index contributed by atoms with van der Waals surface area (Å²) in [6.07, 6.45) is 0.738. The largest absolute Gasteiger partial charge is 0.271 e. The summed E-state index contributed by atoms with van der Waals surface area (Å²) in [6.45, 7) is 6.66. The molecule has 0 aliphatic heterocycles. The highest BCUT2D eigenvalue weighted by atomic mass is 16.2. The van der Waals surface area contributed by atoms with Gasteiger partial charge in [-0.25, -0.2) is 5.43 Å². The summed E-state index contributed by atoms with van der Waals surface area (Å²) < 4.78 is 1.94. The number of hydrogen-bond donors (Lipinski definition) is 1. The smallest absolute Gasteiger partial charge is 0.267 e. The third kappa shape index (κ3) is 4.70. The first-order chi connectivity index (χ1) is 13.1. The molecule has 27 heavy (non-hydrogen) atoms. The van der Waals surface area contributed by atoms with Gasteiger partial charge in [-0.1, -0.05) is 49.4 Å². The normalized spacial score (nSPS) is 11.4. The van der Waals surface area contributed by atoms with Gasteiger partial charge in [0, 0.05) is 11.3 Å². The Balaban J connectivity index is 1.73. The van der Waals surface area contributed by atoms with E-state index in [4.69, 9.17) is 0 Å². The Morgan fingerprint density at radius 2 is 1.78 bits per heavy atom. The van der Waals surface area contributed by atoms with Crippen LogP contribution in [0.15, 0.2) is 65.8 Å². The molecule has 5 nitrogen and oxygen atoms in total. The highest BCUT2D eigenvalue weighted by Gasteiger charge is 2.08. The van der Waals surface area contributed by atoms with Crippen LogP contribution in [0.2, 0.25) is 0 Å². The lowest BCUT2D eigenvalue weighted by molar-refractivity contribution is 0.0954. The number of rotatable bonds is 6. The fraction of sp³-hybridized carbons (Fsp3) is 0.227. The Bertz CT molecular complexity index is 957. The Morgan fingerprint density at radius 3 is 2.44 bits per heavy atom. The topological polar surface area (TPSA) is 59.3 Å². The molecule has 1 heterocycles. The molecule has 1 N–H and O–H groups in total. The van der Waals surface area contributed by atoms with Gasteiger partial charge >= 0.3 is 0 Å². The number of carbonyl (C=O) groups is 1. The molecule has 1 amide bonds. The number of nitrogens with one attached hydrogen (secondary N) is 1. The minimum Gasteiger partial charge on any atom is -0.267 e. The molecule has 138 valence electrons. The van der Waals surface area contributed by atoms with Crippen molar-refractivity contribution in [3.63, 3.8) is 0 Å². The van der Waals surface area contributed by atoms with Crippen molar-refractivity contribution in [3.05, 3.63) is 88.7 Å². The molecule has 0 atom stereocenters. The Kier molecular flexibility index (Phi) is 5.81. The van der Waals surface area contributed by atoms with Crippen LogP contribution in [0.4, 0.5) is 0 Å². The molecule has 0 unspecified atom stereocenters. The number of hydrogen-bond acceptors (Lipinski definition) is 3. The fourth-order valence-corrected chi connectivity index (χ4v) is 2.98. The minimum absolute atomic E-state index is 0.216. The highest BCUT2D eigenvalue weighted by Crippen LogP contribution is 2.10. The molecule has 1 aromatic heterocycles. The van der Waals surface area contributed by atoms with Gasteiger partial charge in [-0.15, -0.1) is 0 Å². The molecule has 0 bridgehead atoms. The second kappa shape index (κ2) is 8.45. The van der Waals surface area contributed by atoms with E-state index in [1.165, 1.54) is 0 Å². The van der Waals surface area contributed by atoms with Gasteiger partial charge in [-0.05, 0) is 49.6 Å². The number of aromatic nitrogens is 2. The molecule has 2 aromatic carbocycles. The van der Waals surface area contributed by atoms with Gasteiger partial charge in [0.15, 0.2) is 0 Å². The van der Waals surface area contributed by atoms with E-state index in [-0.39, 0.29) is 5.91 Å². The van der Waals surface area contributed by atoms with Gasteiger partial charge in [-0.3, -0.25) is 9.48 Å². The number of benzene rings is 2. The number of aryl methyl sites for hydroxylation is 2. The average molecular weight is 360 g/mol. The minimum atomic E-state index is -0.216. The van der Waals surface area contributed by atoms with Gasteiger partial charge in [-0.2, -0.15) is 10.2 Å². The van der Waals surface area contributed by atoms with Crippen LogP contribution >= 0.6 is 0 Å². The van der Waals surface area contributed by atoms with Crippen molar-refractivity contribution in [2.24, 2.45) is 5.10 Å². The molecular weight excluding hydrogens is 336 g/mol. The number of nitrogens with zero attached hydrogens (tertiary/aromatic N) is 3. The fourth-order valence-electron chi connectivity index (χ4n) is 2.98. The molecule has 0 fully saturated rings. The lowest BCUT2D eigenvalue weighted by atomic mass is 10.1. The van der Waals surface area contributed by atoms with Crippen molar-refractivity contribution in [1.82, 2.24) is 15.2 Å². The predicted octanol–water partition coefficient (Wildman–Crippen LogP) is 4.09. The zero-order chi connectivity index (χ0) is 19.2. The average Bonchev–Trinajstić information content (AvgIpc) is 3.00. The van der Waals surface area contributed by atoms with Crippen molar-refractivity contribution >= 4 is 11.6 Å². The summed E-state index contributed by atoms with van der Waals surface area (Å²) in [5.41, 5.74) is 8.24. The van der Waals surface area contributed by atoms with Gasteiger partial charge in [0.2, 0.25) is 0 Å². The third-order valence-corrected chi connectivity index (χ3v) is 4.36. The molecule has 0 aliphatic carbocycles. The first-order valence-electron chi connectivity index (χ1n) is 9.09. The van der Waals surface area contributed by atoms with Crippen LogP contribution in [0, 0.1) is 13.8 Å². The number of hydrazone groups is 1. The Hall–Kier alpha value is -3.21. The van der Waals surface area contributed by atoms with Crippen LogP contribution in [0.25, 0.3) is 0 Å². The summed E-state index contributed by atoms with van der Waals surface area (Å²) in [7, 11) is 0. The maximum Gasteiger partial charge on any atom is 0.271 e. The molecular formula is C22H24N4O. The maximum atomic E-state index is 12.5. The summed E-state index contributed by atoms with van der Waals surface area (Å²) in [4.78, 5) is 12.5. The zero-order valence-electron chi connectivity index (χ0n) is 15.9. The first-order valence-corrected chi connectivity index (χ1v) is 9.09. The van der Waals surface area contributed by atoms with Crippen LogP contribution in [0.3, 0.4) is 0 Å². The van der Waals surface area contributed by atoms with Crippen molar-refractivity contribution in [3.8, 4) is 0 Å². The lowest BCUT2D eigenvalue weighted by Crippen LogP contribution is -2.20. The van der Waals surface area contributed by atoms with E-state index in [1.807, 2.05) is 80.1 Å². The molecule has 3 aromatic rings. The summed E-state index contributed by atoms with van der Waals surface area (Å²) in [6, 6.07) is 19.5. The Morgan fingerprint density at radius 1 is 1.04 bits per heavy atom. The van der Waals surface area contributed by atoms with Gasteiger partial charge in [0.25, 0.3) is 5.91 Å². The molecule has 3 rings (SSSR count). The summed E-state index contributed by atoms with van der Waals surface area (Å²) in [5.74, 6) is -0.216. The number of amides is 1. The van der Waals surface area contributed by atoms with E-state index in [9.17, 15) is 4.79 Å². The van der Waals surface area contributed by atoms with Crippen LogP contribution in [-0.2, 0) is 6.54 Å². The van der Waals surface area contributed by atoms with E-state index in [0.29, 0.717) is 12.1 Å². The van der Waals surface area contributed by atoms with Gasteiger partial charge in [0.05, 0.1) is 18.0 Å². The van der Waals surface area contributed by atoms with Crippen molar-refractivity contribution in [2.45, 2.75) is 33.7 Å². The molecule has 0 spiro atoms. The quantitative estimate of drug-likeness (QED) is 0.532. The molecule has 0 saturated carbocycles. The van der Waals surface area contributed by atoms with Gasteiger partial charge in [0.1, 0.15) is 0 Å². The monoisotopic (exact) mass is 360 g/mol. The second-order valence-electron chi connectivity index (χ2n) is 6.50. The van der Waals surface area contributed by atoms with Crippen LogP contribution in [0.1, 0.15) is 46.2 Å². The maximum absolute atomic E-state index is 12.5.